The maximum atomic E-state index is 5.87. The van der Waals surface area contributed by atoms with Crippen molar-refractivity contribution in [2.24, 2.45) is 7.05 Å². The fourth-order valence-corrected chi connectivity index (χ4v) is 2.61. The van der Waals surface area contributed by atoms with E-state index in [4.69, 9.17) is 16.3 Å². The summed E-state index contributed by atoms with van der Waals surface area (Å²) in [5.41, 5.74) is 2.96. The SMILES string of the molecule is CCOC(C)Cn1c(CCCl)nc2c(C)nn(C)c21. The van der Waals surface area contributed by atoms with Gasteiger partial charge in [-0.05, 0) is 20.8 Å². The number of alkyl halides is 1. The molecule has 0 bridgehead atoms. The quantitative estimate of drug-likeness (QED) is 0.765. The molecule has 0 fully saturated rings. The van der Waals surface area contributed by atoms with Gasteiger partial charge < -0.3 is 9.30 Å². The molecule has 0 aliphatic rings. The number of nitrogens with zero attached hydrogens (tertiary/aromatic N) is 4. The fourth-order valence-electron chi connectivity index (χ4n) is 2.44. The lowest BCUT2D eigenvalue weighted by atomic mass is 10.3. The van der Waals surface area contributed by atoms with Crippen molar-refractivity contribution in [1.29, 1.82) is 0 Å². The average Bonchev–Trinajstić information content (AvgIpc) is 2.81. The van der Waals surface area contributed by atoms with Crippen LogP contribution in [0.2, 0.25) is 0 Å². The van der Waals surface area contributed by atoms with Crippen LogP contribution in [0.4, 0.5) is 0 Å². The van der Waals surface area contributed by atoms with Gasteiger partial charge in [0.2, 0.25) is 0 Å². The van der Waals surface area contributed by atoms with Gasteiger partial charge in [0.1, 0.15) is 11.3 Å². The first-order valence-corrected chi connectivity index (χ1v) is 7.18. The Labute approximate surface area is 118 Å². The van der Waals surface area contributed by atoms with E-state index in [0.29, 0.717) is 12.5 Å². The highest BCUT2D eigenvalue weighted by Gasteiger charge is 2.18. The van der Waals surface area contributed by atoms with E-state index in [2.05, 4.69) is 21.6 Å². The summed E-state index contributed by atoms with van der Waals surface area (Å²) in [4.78, 5) is 4.68. The summed E-state index contributed by atoms with van der Waals surface area (Å²) >= 11 is 5.87. The van der Waals surface area contributed by atoms with Gasteiger partial charge in [-0.25, -0.2) is 4.98 Å². The van der Waals surface area contributed by atoms with E-state index in [1.807, 2.05) is 25.6 Å². The van der Waals surface area contributed by atoms with E-state index in [1.54, 1.807) is 0 Å². The molecule has 106 valence electrons. The molecule has 5 nitrogen and oxygen atoms in total. The van der Waals surface area contributed by atoms with E-state index in [-0.39, 0.29) is 6.10 Å². The van der Waals surface area contributed by atoms with Crippen LogP contribution in [0, 0.1) is 6.92 Å². The third kappa shape index (κ3) is 2.77. The van der Waals surface area contributed by atoms with E-state index >= 15 is 0 Å². The van der Waals surface area contributed by atoms with Crippen LogP contribution in [0.15, 0.2) is 0 Å². The van der Waals surface area contributed by atoms with Gasteiger partial charge in [0.15, 0.2) is 5.65 Å². The summed E-state index contributed by atoms with van der Waals surface area (Å²) in [6, 6.07) is 0. The largest absolute Gasteiger partial charge is 0.377 e. The zero-order valence-corrected chi connectivity index (χ0v) is 12.7. The highest BCUT2D eigenvalue weighted by Crippen LogP contribution is 2.20. The number of hydrogen-bond acceptors (Lipinski definition) is 3. The fraction of sp³-hybridized carbons (Fsp3) is 0.692. The summed E-state index contributed by atoms with van der Waals surface area (Å²) in [7, 11) is 1.95. The van der Waals surface area contributed by atoms with Crippen LogP contribution in [0.3, 0.4) is 0 Å². The van der Waals surface area contributed by atoms with Gasteiger partial charge in [0.25, 0.3) is 0 Å². The number of aromatic nitrogens is 4. The molecule has 0 N–H and O–H groups in total. The third-order valence-electron chi connectivity index (χ3n) is 3.18. The number of rotatable bonds is 6. The molecule has 0 amide bonds. The second-order valence-corrected chi connectivity index (χ2v) is 5.10. The predicted molar refractivity (Wildman–Crippen MR) is 76.7 cm³/mol. The molecule has 6 heteroatoms. The lowest BCUT2D eigenvalue weighted by Crippen LogP contribution is -2.19. The Morgan fingerprint density at radius 1 is 1.42 bits per heavy atom. The molecular formula is C13H21ClN4O. The number of hydrogen-bond donors (Lipinski definition) is 0. The van der Waals surface area contributed by atoms with Gasteiger partial charge in [0.05, 0.1) is 18.3 Å². The molecule has 0 aliphatic carbocycles. The van der Waals surface area contributed by atoms with Crippen molar-refractivity contribution < 1.29 is 4.74 Å². The van der Waals surface area contributed by atoms with Crippen molar-refractivity contribution in [2.45, 2.75) is 39.8 Å². The highest BCUT2D eigenvalue weighted by molar-refractivity contribution is 6.17. The maximum Gasteiger partial charge on any atom is 0.158 e. The molecule has 2 heterocycles. The van der Waals surface area contributed by atoms with E-state index in [9.17, 15) is 0 Å². The third-order valence-corrected chi connectivity index (χ3v) is 3.37. The first-order chi connectivity index (χ1) is 9.08. The number of aryl methyl sites for hydroxylation is 3. The Hall–Kier alpha value is -1.07. The van der Waals surface area contributed by atoms with Crippen molar-refractivity contribution in [3.05, 3.63) is 11.5 Å². The minimum atomic E-state index is 0.145. The van der Waals surface area contributed by atoms with Crippen molar-refractivity contribution in [3.8, 4) is 0 Å². The van der Waals surface area contributed by atoms with Gasteiger partial charge in [-0.2, -0.15) is 5.10 Å². The standard InChI is InChI=1S/C13H21ClN4O/c1-5-19-9(2)8-18-11(6-7-14)15-12-10(3)16-17(4)13(12)18/h9H,5-8H2,1-4H3. The van der Waals surface area contributed by atoms with Gasteiger partial charge >= 0.3 is 0 Å². The Kier molecular flexibility index (Phi) is 4.47. The molecule has 0 saturated carbocycles. The Morgan fingerprint density at radius 2 is 2.16 bits per heavy atom. The molecule has 1 atom stereocenters. The molecule has 0 aromatic carbocycles. The van der Waals surface area contributed by atoms with Crippen LogP contribution in [0.5, 0.6) is 0 Å². The number of fused-ring (bicyclic) bond motifs is 1. The number of halogens is 1. The topological polar surface area (TPSA) is 44.9 Å². The van der Waals surface area contributed by atoms with Crippen LogP contribution in [-0.2, 0) is 24.8 Å². The summed E-state index contributed by atoms with van der Waals surface area (Å²) in [5, 5.41) is 4.42. The summed E-state index contributed by atoms with van der Waals surface area (Å²) < 4.78 is 9.69. The summed E-state index contributed by atoms with van der Waals surface area (Å²) in [6.07, 6.45) is 0.904. The molecule has 0 spiro atoms. The average molecular weight is 285 g/mol. The minimum absolute atomic E-state index is 0.145. The molecule has 2 aromatic heterocycles. The van der Waals surface area contributed by atoms with Crippen LogP contribution in [-0.4, -0.2) is 37.9 Å². The zero-order valence-electron chi connectivity index (χ0n) is 12.0. The van der Waals surface area contributed by atoms with Crippen molar-refractivity contribution in [2.75, 3.05) is 12.5 Å². The monoisotopic (exact) mass is 284 g/mol. The Bertz CT molecular complexity index is 560. The number of ether oxygens (including phenoxy) is 1. The second kappa shape index (κ2) is 5.92. The van der Waals surface area contributed by atoms with Crippen LogP contribution in [0.1, 0.15) is 25.4 Å². The molecule has 0 aliphatic heterocycles. The van der Waals surface area contributed by atoms with Gasteiger partial charge in [-0.3, -0.25) is 4.68 Å². The molecule has 1 unspecified atom stereocenters. The molecular weight excluding hydrogens is 264 g/mol. The van der Waals surface area contributed by atoms with Crippen molar-refractivity contribution >= 4 is 22.8 Å². The van der Waals surface area contributed by atoms with Gasteiger partial charge in [0, 0.05) is 26.0 Å². The summed E-state index contributed by atoms with van der Waals surface area (Å²) in [5.74, 6) is 1.58. The lowest BCUT2D eigenvalue weighted by Gasteiger charge is -2.15. The predicted octanol–water partition coefficient (Wildman–Crippen LogP) is 2.28. The first kappa shape index (κ1) is 14.3. The van der Waals surface area contributed by atoms with Crippen LogP contribution < -0.4 is 0 Å². The van der Waals surface area contributed by atoms with E-state index in [1.165, 1.54) is 0 Å². The molecule has 19 heavy (non-hydrogen) atoms. The lowest BCUT2D eigenvalue weighted by molar-refractivity contribution is 0.0640. The van der Waals surface area contributed by atoms with Crippen molar-refractivity contribution in [3.63, 3.8) is 0 Å². The number of imidazole rings is 1. The summed E-state index contributed by atoms with van der Waals surface area (Å²) in [6.45, 7) is 7.55. The van der Waals surface area contributed by atoms with Gasteiger partial charge in [-0.1, -0.05) is 0 Å². The normalized spacial score (nSPS) is 13.3. The maximum absolute atomic E-state index is 5.87. The van der Waals surface area contributed by atoms with Crippen LogP contribution in [0.25, 0.3) is 11.2 Å². The molecule has 2 aromatic rings. The van der Waals surface area contributed by atoms with Crippen molar-refractivity contribution in [1.82, 2.24) is 19.3 Å². The smallest absolute Gasteiger partial charge is 0.158 e. The zero-order chi connectivity index (χ0) is 14.0. The van der Waals surface area contributed by atoms with Crippen LogP contribution >= 0.6 is 11.6 Å². The first-order valence-electron chi connectivity index (χ1n) is 6.64. The minimum Gasteiger partial charge on any atom is -0.377 e. The Morgan fingerprint density at radius 3 is 2.79 bits per heavy atom. The molecule has 0 saturated heterocycles. The molecule has 0 radical (unpaired) electrons. The Balaban J connectivity index is 2.44. The van der Waals surface area contributed by atoms with Gasteiger partial charge in [-0.15, -0.1) is 11.6 Å². The van der Waals surface area contributed by atoms with E-state index in [0.717, 1.165) is 35.6 Å². The highest BCUT2D eigenvalue weighted by atomic mass is 35.5. The van der Waals surface area contributed by atoms with E-state index < -0.39 is 0 Å². The second-order valence-electron chi connectivity index (χ2n) is 4.72. The molecule has 2 rings (SSSR count).